The Morgan fingerprint density at radius 3 is 1.83 bits per heavy atom. The molecule has 2 aromatic carbocycles. The molecule has 0 bridgehead atoms. The van der Waals surface area contributed by atoms with Gasteiger partial charge in [-0.1, -0.05) is 38.1 Å². The number of sulfone groups is 1. The van der Waals surface area contributed by atoms with E-state index in [9.17, 15) is 21.6 Å². The first-order valence-corrected chi connectivity index (χ1v) is 13.0. The zero-order valence-electron chi connectivity index (χ0n) is 17.5. The highest BCUT2D eigenvalue weighted by atomic mass is 32.2. The summed E-state index contributed by atoms with van der Waals surface area (Å²) in [4.78, 5) is 12.5. The number of amides is 1. The molecule has 164 valence electrons. The number of hydrogen-bond acceptors (Lipinski definition) is 5. The Hall–Kier alpha value is -2.23. The minimum Gasteiger partial charge on any atom is -0.350 e. The van der Waals surface area contributed by atoms with E-state index in [1.165, 1.54) is 12.1 Å². The highest BCUT2D eigenvalue weighted by molar-refractivity contribution is 7.90. The molecule has 1 unspecified atom stereocenters. The van der Waals surface area contributed by atoms with E-state index >= 15 is 0 Å². The van der Waals surface area contributed by atoms with E-state index in [1.54, 1.807) is 43.3 Å². The van der Waals surface area contributed by atoms with Gasteiger partial charge in [0.25, 0.3) is 0 Å². The van der Waals surface area contributed by atoms with Gasteiger partial charge in [0.2, 0.25) is 15.9 Å². The third kappa shape index (κ3) is 6.65. The van der Waals surface area contributed by atoms with E-state index in [4.69, 9.17) is 0 Å². The number of carbonyl (C=O) groups excluding carboxylic acids is 1. The van der Waals surface area contributed by atoms with Gasteiger partial charge in [-0.25, -0.2) is 21.6 Å². The summed E-state index contributed by atoms with van der Waals surface area (Å²) in [5.41, 5.74) is 1.80. The molecule has 0 radical (unpaired) electrons. The molecule has 0 spiro atoms. The van der Waals surface area contributed by atoms with E-state index in [2.05, 4.69) is 10.0 Å². The fourth-order valence-corrected chi connectivity index (χ4v) is 4.48. The first-order chi connectivity index (χ1) is 13.9. The van der Waals surface area contributed by atoms with Gasteiger partial charge in [-0.2, -0.15) is 0 Å². The van der Waals surface area contributed by atoms with Gasteiger partial charge in [0, 0.05) is 19.2 Å². The maximum Gasteiger partial charge on any atom is 0.240 e. The van der Waals surface area contributed by atoms with Crippen molar-refractivity contribution in [3.63, 3.8) is 0 Å². The minimum absolute atomic E-state index is 0.0188. The molecule has 0 aliphatic carbocycles. The summed E-state index contributed by atoms with van der Waals surface area (Å²) in [5, 5.41) is 2.78. The van der Waals surface area contributed by atoms with Crippen molar-refractivity contribution in [2.24, 2.45) is 0 Å². The predicted octanol–water partition coefficient (Wildman–Crippen LogP) is 2.76. The fraction of sp³-hybridized carbons (Fsp3) is 0.381. The Bertz CT molecular complexity index is 1080. The van der Waals surface area contributed by atoms with Crippen molar-refractivity contribution in [2.75, 3.05) is 12.8 Å². The van der Waals surface area contributed by atoms with Gasteiger partial charge >= 0.3 is 0 Å². The van der Waals surface area contributed by atoms with Gasteiger partial charge in [0.05, 0.1) is 15.8 Å². The third-order valence-corrected chi connectivity index (χ3v) is 7.29. The van der Waals surface area contributed by atoms with Crippen LogP contribution in [0.3, 0.4) is 0 Å². The molecule has 1 atom stereocenters. The third-order valence-electron chi connectivity index (χ3n) is 4.69. The molecule has 0 saturated carbocycles. The molecule has 0 aromatic heterocycles. The average molecular weight is 453 g/mol. The Labute approximate surface area is 178 Å². The zero-order valence-corrected chi connectivity index (χ0v) is 19.2. The van der Waals surface area contributed by atoms with E-state index in [1.807, 2.05) is 13.8 Å². The summed E-state index contributed by atoms with van der Waals surface area (Å²) in [6, 6.07) is 12.6. The number of hydrogen-bond donors (Lipinski definition) is 2. The van der Waals surface area contributed by atoms with Gasteiger partial charge in [-0.3, -0.25) is 4.79 Å². The number of rotatable bonds is 9. The molecule has 2 rings (SSSR count). The van der Waals surface area contributed by atoms with E-state index in [0.29, 0.717) is 5.92 Å². The van der Waals surface area contributed by atoms with Gasteiger partial charge in [0.1, 0.15) is 0 Å². The van der Waals surface area contributed by atoms with Crippen LogP contribution in [0.4, 0.5) is 0 Å². The monoisotopic (exact) mass is 452 g/mol. The molecule has 7 nitrogen and oxygen atoms in total. The molecule has 0 fully saturated rings. The standard InChI is InChI=1S/C21H28N2O5S2/c1-15(2)17-5-11-20(12-6-17)30(27,28)22-14-13-21(24)23-16(3)18-7-9-19(10-8-18)29(4,25)26/h5-12,15-16,22H,13-14H2,1-4H3,(H,23,24). The van der Waals surface area contributed by atoms with E-state index in [0.717, 1.165) is 17.4 Å². The van der Waals surface area contributed by atoms with Crippen molar-refractivity contribution in [3.8, 4) is 0 Å². The van der Waals surface area contributed by atoms with Crippen molar-refractivity contribution >= 4 is 25.8 Å². The summed E-state index contributed by atoms with van der Waals surface area (Å²) in [7, 11) is -6.96. The summed E-state index contributed by atoms with van der Waals surface area (Å²) >= 11 is 0. The van der Waals surface area contributed by atoms with Crippen LogP contribution < -0.4 is 10.0 Å². The molecule has 0 aliphatic rings. The SMILES string of the molecule is CC(C)c1ccc(S(=O)(=O)NCCC(=O)NC(C)c2ccc(S(C)(=O)=O)cc2)cc1. The van der Waals surface area contributed by atoms with Gasteiger partial charge in [0.15, 0.2) is 9.84 Å². The minimum atomic E-state index is -3.68. The Kier molecular flexibility index (Phi) is 7.79. The molecular formula is C21H28N2O5S2. The van der Waals surface area contributed by atoms with Gasteiger partial charge in [-0.05, 0) is 48.2 Å². The molecule has 1 amide bonds. The lowest BCUT2D eigenvalue weighted by Gasteiger charge is -2.15. The van der Waals surface area contributed by atoms with Crippen LogP contribution in [-0.4, -0.2) is 35.5 Å². The van der Waals surface area contributed by atoms with E-state index < -0.39 is 19.9 Å². The number of carbonyl (C=O) groups is 1. The van der Waals surface area contributed by atoms with Crippen LogP contribution in [0.1, 0.15) is 50.3 Å². The van der Waals surface area contributed by atoms with Crippen LogP contribution in [-0.2, 0) is 24.7 Å². The van der Waals surface area contributed by atoms with Crippen LogP contribution in [0, 0.1) is 0 Å². The molecule has 0 aliphatic heterocycles. The van der Waals surface area contributed by atoms with Crippen LogP contribution in [0.2, 0.25) is 0 Å². The second-order valence-electron chi connectivity index (χ2n) is 7.50. The average Bonchev–Trinajstić information content (AvgIpc) is 2.67. The van der Waals surface area contributed by atoms with Crippen LogP contribution in [0.25, 0.3) is 0 Å². The topological polar surface area (TPSA) is 109 Å². The molecule has 0 heterocycles. The zero-order chi connectivity index (χ0) is 22.5. The maximum atomic E-state index is 12.4. The van der Waals surface area contributed by atoms with Crippen LogP contribution >= 0.6 is 0 Å². The highest BCUT2D eigenvalue weighted by Gasteiger charge is 2.16. The molecule has 0 saturated heterocycles. The summed E-state index contributed by atoms with van der Waals surface area (Å²) in [6.45, 7) is 5.80. The first kappa shape index (κ1) is 24.0. The highest BCUT2D eigenvalue weighted by Crippen LogP contribution is 2.18. The Balaban J connectivity index is 1.88. The van der Waals surface area contributed by atoms with Crippen LogP contribution in [0.5, 0.6) is 0 Å². The number of sulfonamides is 1. The Morgan fingerprint density at radius 2 is 1.33 bits per heavy atom. The fourth-order valence-electron chi connectivity index (χ4n) is 2.81. The second kappa shape index (κ2) is 9.72. The summed E-state index contributed by atoms with van der Waals surface area (Å²) < 4.78 is 50.2. The van der Waals surface area contributed by atoms with Crippen LogP contribution in [0.15, 0.2) is 58.3 Å². The van der Waals surface area contributed by atoms with Crippen molar-refractivity contribution in [2.45, 2.75) is 48.9 Å². The predicted molar refractivity (Wildman–Crippen MR) is 116 cm³/mol. The molecule has 2 aromatic rings. The Morgan fingerprint density at radius 1 is 0.833 bits per heavy atom. The van der Waals surface area contributed by atoms with Crippen molar-refractivity contribution in [3.05, 3.63) is 59.7 Å². The maximum absolute atomic E-state index is 12.4. The summed E-state index contributed by atoms with van der Waals surface area (Å²) in [6.07, 6.45) is 1.11. The van der Waals surface area contributed by atoms with Gasteiger partial charge in [-0.15, -0.1) is 0 Å². The molecule has 9 heteroatoms. The molecular weight excluding hydrogens is 424 g/mol. The normalized spacial score (nSPS) is 13.2. The lowest BCUT2D eigenvalue weighted by molar-refractivity contribution is -0.121. The van der Waals surface area contributed by atoms with Crippen molar-refractivity contribution in [1.29, 1.82) is 0 Å². The van der Waals surface area contributed by atoms with E-state index in [-0.39, 0.29) is 34.7 Å². The lowest BCUT2D eigenvalue weighted by Crippen LogP contribution is -2.32. The summed E-state index contributed by atoms with van der Waals surface area (Å²) in [5.74, 6) is -0.00415. The second-order valence-corrected chi connectivity index (χ2v) is 11.3. The van der Waals surface area contributed by atoms with Gasteiger partial charge < -0.3 is 5.32 Å². The van der Waals surface area contributed by atoms with Crippen molar-refractivity contribution < 1.29 is 21.6 Å². The van der Waals surface area contributed by atoms with Crippen molar-refractivity contribution in [1.82, 2.24) is 10.0 Å². The molecule has 30 heavy (non-hydrogen) atoms. The quantitative estimate of drug-likeness (QED) is 0.608. The number of nitrogens with one attached hydrogen (secondary N) is 2. The lowest BCUT2D eigenvalue weighted by atomic mass is 10.0. The smallest absolute Gasteiger partial charge is 0.240 e. The molecule has 2 N–H and O–H groups in total. The first-order valence-electron chi connectivity index (χ1n) is 9.59. The largest absolute Gasteiger partial charge is 0.350 e. The number of benzene rings is 2.